The van der Waals surface area contributed by atoms with Crippen LogP contribution in [0.5, 0.6) is 5.75 Å². The van der Waals surface area contributed by atoms with Gasteiger partial charge in [0.1, 0.15) is 18.4 Å². The molecule has 42 heavy (non-hydrogen) atoms. The summed E-state index contributed by atoms with van der Waals surface area (Å²) < 4.78 is 48.4. The van der Waals surface area contributed by atoms with Crippen LogP contribution in [0.3, 0.4) is 0 Å². The lowest BCUT2D eigenvalue weighted by Crippen LogP contribution is -2.47. The number of alkyl halides is 2. The first-order valence-electron chi connectivity index (χ1n) is 12.4. The van der Waals surface area contributed by atoms with Crippen LogP contribution in [0.1, 0.15) is 33.9 Å². The van der Waals surface area contributed by atoms with Gasteiger partial charge in [-0.05, 0) is 66.5 Å². The monoisotopic (exact) mass is 677 g/mol. The molecule has 230 valence electrons. The molecule has 1 aromatic heterocycles. The molecule has 5 N–H and O–H groups in total. The third-order valence-electron chi connectivity index (χ3n) is 5.81. The second-order valence-corrected chi connectivity index (χ2v) is 10.9. The summed E-state index contributed by atoms with van der Waals surface area (Å²) in [6.07, 6.45) is -3.37. The van der Waals surface area contributed by atoms with Gasteiger partial charge in [0.2, 0.25) is 8.61 Å². The number of nitrogens with zero attached hydrogens (tertiary/aromatic N) is 1. The Morgan fingerprint density at radius 3 is 2.38 bits per heavy atom. The van der Waals surface area contributed by atoms with Gasteiger partial charge >= 0.3 is 11.7 Å². The van der Waals surface area contributed by atoms with E-state index in [1.807, 2.05) is 35.3 Å². The van der Waals surface area contributed by atoms with E-state index >= 15 is 0 Å². The second-order valence-electron chi connectivity index (χ2n) is 9.57. The maximum Gasteiger partial charge on any atom is 0.330 e. The van der Waals surface area contributed by atoms with Crippen LogP contribution in [0, 0.1) is 0 Å². The lowest BCUT2D eigenvalue weighted by molar-refractivity contribution is -0.207. The van der Waals surface area contributed by atoms with E-state index in [-0.39, 0.29) is 25.2 Å². The molecule has 2 aromatic carbocycles. The number of hydrogen-bond acceptors (Lipinski definition) is 9. The number of halogens is 3. The molecule has 1 saturated heterocycles. The summed E-state index contributed by atoms with van der Waals surface area (Å²) in [6.45, 7) is 4.66. The molecule has 3 aromatic rings. The van der Waals surface area contributed by atoms with Gasteiger partial charge in [-0.1, -0.05) is 30.3 Å². The topological polar surface area (TPSA) is 180 Å². The van der Waals surface area contributed by atoms with E-state index in [2.05, 4.69) is 25.8 Å². The van der Waals surface area contributed by atoms with E-state index in [4.69, 9.17) is 14.9 Å². The Bertz CT molecular complexity index is 1500. The first-order chi connectivity index (χ1) is 19.6. The van der Waals surface area contributed by atoms with Crippen molar-refractivity contribution < 1.29 is 42.9 Å². The summed E-state index contributed by atoms with van der Waals surface area (Å²) in [4.78, 5) is 35.6. The fraction of sp³-hybridized carbons (Fsp3) is 0.423. The van der Waals surface area contributed by atoms with Crippen LogP contribution in [-0.4, -0.2) is 67.2 Å². The number of aliphatic hydroxyl groups excluding tert-OH is 2. The molecule has 0 amide bonds. The molecule has 4 rings (SSSR count). The molecule has 1 aliphatic rings. The van der Waals surface area contributed by atoms with Crippen molar-refractivity contribution in [2.75, 3.05) is 6.61 Å². The number of rotatable bonds is 6. The van der Waals surface area contributed by atoms with Crippen molar-refractivity contribution in [2.24, 2.45) is 0 Å². The van der Waals surface area contributed by atoms with Crippen LogP contribution in [0.2, 0.25) is 0 Å². The number of hydrogen-bond donors (Lipinski definition) is 5. The van der Waals surface area contributed by atoms with Crippen LogP contribution in [0.4, 0.5) is 8.78 Å². The highest BCUT2D eigenvalue weighted by atomic mass is 79.9. The van der Waals surface area contributed by atoms with Crippen molar-refractivity contribution in [2.45, 2.75) is 63.7 Å². The van der Waals surface area contributed by atoms with Crippen LogP contribution < -0.4 is 16.3 Å². The van der Waals surface area contributed by atoms with Gasteiger partial charge in [-0.3, -0.25) is 23.7 Å². The number of carbonyl (C=O) groups is 1. The Morgan fingerprint density at radius 2 is 1.83 bits per heavy atom. The van der Waals surface area contributed by atoms with Gasteiger partial charge in [0.25, 0.3) is 11.4 Å². The zero-order chi connectivity index (χ0) is 31.8. The van der Waals surface area contributed by atoms with Crippen molar-refractivity contribution in [3.05, 3.63) is 74.0 Å². The van der Waals surface area contributed by atoms with E-state index in [1.165, 1.54) is 0 Å². The molecule has 0 spiro atoms. The molecule has 5 atom stereocenters. The fourth-order valence-corrected chi connectivity index (χ4v) is 4.24. The number of aliphatic hydroxyl groups is 2. The Balaban J connectivity index is 0.000000239. The summed E-state index contributed by atoms with van der Waals surface area (Å²) in [5.74, 6) is -3.11. The van der Waals surface area contributed by atoms with E-state index in [0.29, 0.717) is 10.3 Å². The molecule has 12 nitrogen and oxygen atoms in total. The summed E-state index contributed by atoms with van der Waals surface area (Å²) >= 11 is 2.84. The smallest absolute Gasteiger partial charge is 0.330 e. The number of phenolic OH excluding ortho intramolecular Hbond substituents is 1. The highest BCUT2D eigenvalue weighted by Crippen LogP contribution is 2.46. The summed E-state index contributed by atoms with van der Waals surface area (Å²) in [7, 11) is -0.255. The number of fused-ring (bicyclic) bond motifs is 1. The molecular weight excluding hydrogens is 647 g/mol. The number of nitrogens with one attached hydrogen (secondary N) is 2. The minimum Gasteiger partial charge on any atom is -0.508 e. The number of esters is 1. The van der Waals surface area contributed by atoms with Crippen LogP contribution >= 0.6 is 24.5 Å². The predicted octanol–water partition coefficient (Wildman–Crippen LogP) is 3.24. The van der Waals surface area contributed by atoms with Crippen molar-refractivity contribution in [1.82, 2.24) is 14.6 Å². The zero-order valence-electron chi connectivity index (χ0n) is 23.0. The number of aromatic amines is 1. The number of ether oxygens (including phenoxy) is 2. The van der Waals surface area contributed by atoms with Gasteiger partial charge in [-0.25, -0.2) is 18.7 Å². The molecule has 1 aliphatic heterocycles. The Hall–Kier alpha value is -3.07. The maximum atomic E-state index is 14.5. The highest BCUT2D eigenvalue weighted by molar-refractivity contribution is 9.10. The molecular formula is C26H31BrF2N3O9P. The maximum absolute atomic E-state index is 14.5. The normalized spacial score (nSPS) is 24.0. The first-order valence-corrected chi connectivity index (χ1v) is 14.0. The molecule has 0 bridgehead atoms. The predicted molar refractivity (Wildman–Crippen MR) is 153 cm³/mol. The number of aromatic hydroxyl groups is 1. The minimum atomic E-state index is -3.05. The van der Waals surface area contributed by atoms with Crippen LogP contribution in [0.15, 0.2) is 62.7 Å². The van der Waals surface area contributed by atoms with Gasteiger partial charge in [-0.2, -0.15) is 0 Å². The summed E-state index contributed by atoms with van der Waals surface area (Å²) in [5.41, 5.74) is -4.49. The van der Waals surface area contributed by atoms with Gasteiger partial charge in [0.05, 0.1) is 10.6 Å². The lowest BCUT2D eigenvalue weighted by atomic mass is 9.97. The molecule has 1 fully saturated rings. The van der Waals surface area contributed by atoms with Gasteiger partial charge in [0.15, 0.2) is 18.0 Å². The minimum absolute atomic E-state index is 0.105. The van der Waals surface area contributed by atoms with Crippen molar-refractivity contribution in [1.29, 1.82) is 0 Å². The number of H-pyrrole nitrogens is 1. The Morgan fingerprint density at radius 1 is 1.21 bits per heavy atom. The third kappa shape index (κ3) is 8.72. The SMILES string of the molecule is CC(C)OC(=O)[C@H](C)NP=O.C[C@]1(F)[C@H](n2cc(Br)c(=O)[nH]c2=O)O[C@](F)(CO)[C@H]1O.Oc1ccc2ccccc2c1. The average Bonchev–Trinajstić information content (AvgIpc) is 3.11. The number of carbonyl (C=O) groups excluding carboxylic acids is 1. The Labute approximate surface area is 248 Å². The summed E-state index contributed by atoms with van der Waals surface area (Å²) in [6, 6.07) is 12.8. The summed E-state index contributed by atoms with van der Waals surface area (Å²) in [5, 5.41) is 32.2. The quantitative estimate of drug-likeness (QED) is 0.192. The standard InChI is InChI=1S/C10H11BrF2N2O5.C10H8O.C6H12NO3P/c1-9(12)6(18)10(13,3-16)20-7(9)15-2-4(11)5(17)14-8(15)19;11-10-6-5-8-3-1-2-4-9(8)7-10;1-4(2)10-6(8)5(3)7-11-9/h2,6-7,16,18H,3H2,1H3,(H,14,17,19);1-7,11H;4-5H,1-3H3,(H,7,9)/t6-,7+,9+,10+;;5-/m0.0/s1. The first kappa shape index (κ1) is 35.1. The molecule has 0 aliphatic carbocycles. The van der Waals surface area contributed by atoms with E-state index in [0.717, 1.165) is 23.9 Å². The van der Waals surface area contributed by atoms with E-state index in [1.54, 1.807) is 32.9 Å². The van der Waals surface area contributed by atoms with Crippen molar-refractivity contribution in [3.63, 3.8) is 0 Å². The molecule has 0 radical (unpaired) electrons. The number of phenols is 1. The second kappa shape index (κ2) is 14.9. The van der Waals surface area contributed by atoms with Crippen LogP contribution in [-0.2, 0) is 18.8 Å². The van der Waals surface area contributed by atoms with Gasteiger partial charge in [-0.15, -0.1) is 0 Å². The van der Waals surface area contributed by atoms with Crippen molar-refractivity contribution in [3.8, 4) is 5.75 Å². The molecule has 0 unspecified atom stereocenters. The number of benzene rings is 2. The largest absolute Gasteiger partial charge is 0.508 e. The fourth-order valence-electron chi connectivity index (χ4n) is 3.65. The van der Waals surface area contributed by atoms with E-state index in [9.17, 15) is 32.8 Å². The number of aromatic nitrogens is 2. The average molecular weight is 678 g/mol. The van der Waals surface area contributed by atoms with Gasteiger partial charge in [0, 0.05) is 6.20 Å². The molecule has 16 heteroatoms. The van der Waals surface area contributed by atoms with Crippen LogP contribution in [0.25, 0.3) is 10.8 Å². The Kier molecular flexibility index (Phi) is 12.5. The molecule has 0 saturated carbocycles. The van der Waals surface area contributed by atoms with Gasteiger partial charge < -0.3 is 24.8 Å². The zero-order valence-corrected chi connectivity index (χ0v) is 25.4. The highest BCUT2D eigenvalue weighted by Gasteiger charge is 2.64. The lowest BCUT2D eigenvalue weighted by Gasteiger charge is -2.24. The van der Waals surface area contributed by atoms with E-state index < -0.39 is 47.8 Å². The van der Waals surface area contributed by atoms with Crippen molar-refractivity contribution >= 4 is 41.3 Å². The molecule has 2 heterocycles. The third-order valence-corrected chi connectivity index (χ3v) is 6.87.